The summed E-state index contributed by atoms with van der Waals surface area (Å²) in [4.78, 5) is 0. The van der Waals surface area contributed by atoms with Crippen LogP contribution in [0.2, 0.25) is 0 Å². The van der Waals surface area contributed by atoms with E-state index in [1.165, 1.54) is 192 Å². The summed E-state index contributed by atoms with van der Waals surface area (Å²) in [6.07, 6.45) is 0. The second kappa shape index (κ2) is 25.5. The first-order valence-corrected chi connectivity index (χ1v) is 39.2. The van der Waals surface area contributed by atoms with Gasteiger partial charge in [0.05, 0.1) is 66.2 Å². The number of nitrogens with zero attached hydrogens (tertiary/aromatic N) is 6. The average Bonchev–Trinajstić information content (AvgIpc) is 1.60. The Bertz CT molecular complexity index is 7570. The lowest BCUT2D eigenvalue weighted by atomic mass is 9.86. The summed E-state index contributed by atoms with van der Waals surface area (Å²) in [6, 6.07) is 130. The van der Waals surface area contributed by atoms with E-state index < -0.39 is 0 Å². The second-order valence-corrected chi connectivity index (χ2v) is 32.7. The van der Waals surface area contributed by atoms with Gasteiger partial charge in [0.15, 0.2) is 0 Å². The van der Waals surface area contributed by atoms with Crippen LogP contribution in [-0.4, -0.2) is 27.4 Å². The van der Waals surface area contributed by atoms with Crippen molar-refractivity contribution in [1.29, 1.82) is 0 Å². The zero-order valence-electron chi connectivity index (χ0n) is 64.2. The first-order valence-electron chi connectivity index (χ1n) is 39.2. The van der Waals surface area contributed by atoms with Crippen LogP contribution in [0.4, 0.5) is 0 Å². The van der Waals surface area contributed by atoms with E-state index in [9.17, 15) is 0 Å². The Kier molecular flexibility index (Phi) is 15.1. The van der Waals surface area contributed by atoms with Crippen molar-refractivity contribution in [2.45, 2.75) is 66.2 Å². The minimum absolute atomic E-state index is 0.0162. The van der Waals surface area contributed by atoms with E-state index in [1.54, 1.807) is 0 Å². The van der Waals surface area contributed by atoms with E-state index in [0.29, 0.717) is 0 Å². The molecule has 0 aliphatic carbocycles. The van der Waals surface area contributed by atoms with Crippen molar-refractivity contribution in [3.63, 3.8) is 0 Å². The molecule has 6 nitrogen and oxygen atoms in total. The normalized spacial score (nSPS) is 12.3. The predicted octanol–water partition coefficient (Wildman–Crippen LogP) is 28.5. The molecular weight excluding hydrogens is 1360 g/mol. The largest absolute Gasteiger partial charge is 0.309 e. The molecule has 0 saturated carbocycles. The molecule has 6 heterocycles. The van der Waals surface area contributed by atoms with Crippen molar-refractivity contribution >= 4 is 131 Å². The number of hydrogen-bond acceptors (Lipinski definition) is 0. The van der Waals surface area contributed by atoms with E-state index >= 15 is 0 Å². The quantitative estimate of drug-likeness (QED) is 0.145. The standard InChI is InChI=1S/C56H47N3.C50H35N3/c1-55(2,3)38-23-28-52-46(33-38)44-31-36(21-26-50(44)58(52)41-17-11-8-12-18-41)37-22-27-51-45(32-37)47-34-39(56(4,5)6)24-29-53(47)59(51)42-25-30-54-48(35-42)43-19-13-14-20-49(43)57(54)40-15-9-7-10-16-40;1-32-17-23-46-41(27-32)43-29-34(19-25-48(43)51(46)36-11-5-3-6-12-36)35-20-26-49-44(30-35)42-28-33(2)18-24-47(42)53(49)38-21-22-40-39-15-9-10-16-45(39)52(50(40)31-38)37-13-7-4-8-14-37/h7-35H,1-6H3;3-31H,1-2H3. The van der Waals surface area contributed by atoms with Crippen molar-refractivity contribution in [1.82, 2.24) is 27.4 Å². The average molecular weight is 1440 g/mol. The molecule has 0 fully saturated rings. The van der Waals surface area contributed by atoms with E-state index in [-0.39, 0.29) is 10.8 Å². The van der Waals surface area contributed by atoms with Crippen molar-refractivity contribution in [2.24, 2.45) is 0 Å². The van der Waals surface area contributed by atoms with Gasteiger partial charge in [-0.3, -0.25) is 0 Å². The van der Waals surface area contributed by atoms with Crippen LogP contribution in [0.5, 0.6) is 0 Å². The van der Waals surface area contributed by atoms with Gasteiger partial charge < -0.3 is 27.4 Å². The molecule has 0 saturated heterocycles. The third kappa shape index (κ3) is 10.7. The highest BCUT2D eigenvalue weighted by Gasteiger charge is 2.25. The molecule has 536 valence electrons. The van der Waals surface area contributed by atoms with E-state index in [2.05, 4.69) is 435 Å². The maximum atomic E-state index is 2.47. The van der Waals surface area contributed by atoms with Crippen molar-refractivity contribution in [2.75, 3.05) is 0 Å². The zero-order chi connectivity index (χ0) is 75.4. The smallest absolute Gasteiger partial charge is 0.0561 e. The summed E-state index contributed by atoms with van der Waals surface area (Å²) in [6.45, 7) is 18.2. The van der Waals surface area contributed by atoms with Crippen molar-refractivity contribution in [3.8, 4) is 56.4 Å². The molecule has 0 N–H and O–H groups in total. The first-order chi connectivity index (χ1) is 54.6. The molecule has 0 aliphatic heterocycles. The van der Waals surface area contributed by atoms with E-state index in [4.69, 9.17) is 0 Å². The first kappa shape index (κ1) is 66.5. The number of fused-ring (bicyclic) bond motifs is 18. The van der Waals surface area contributed by atoms with Gasteiger partial charge in [0.25, 0.3) is 0 Å². The molecule has 0 spiro atoms. The van der Waals surface area contributed by atoms with Gasteiger partial charge in [-0.1, -0.05) is 216 Å². The van der Waals surface area contributed by atoms with Crippen LogP contribution < -0.4 is 0 Å². The molecule has 6 heteroatoms. The molecule has 6 aromatic heterocycles. The highest BCUT2D eigenvalue weighted by molar-refractivity contribution is 6.17. The zero-order valence-corrected chi connectivity index (χ0v) is 64.2. The van der Waals surface area contributed by atoms with Gasteiger partial charge in [0.2, 0.25) is 0 Å². The van der Waals surface area contributed by atoms with Gasteiger partial charge in [-0.25, -0.2) is 0 Å². The molecule has 112 heavy (non-hydrogen) atoms. The molecule has 22 aromatic rings. The molecule has 0 amide bonds. The molecule has 22 rings (SSSR count). The van der Waals surface area contributed by atoms with Crippen molar-refractivity contribution < 1.29 is 0 Å². The van der Waals surface area contributed by atoms with Gasteiger partial charge in [-0.2, -0.15) is 0 Å². The number of hydrogen-bond donors (Lipinski definition) is 0. The SMILES string of the molecule is CC(C)(C)c1ccc2c(c1)c1cc(-c3ccc4c(c3)c3cc(C(C)(C)C)ccc3n4-c3ccc4c(c3)c3ccccc3n4-c3ccccc3)ccc1n2-c1ccccc1.Cc1ccc2c(c1)c1cc(-c3ccc4c(c3)c3cc(C)ccc3n4-c3ccc4c5ccccc5n(-c5ccccc5)c4c3)ccc1n2-c1ccccc1. The monoisotopic (exact) mass is 1440 g/mol. The van der Waals surface area contributed by atoms with Crippen LogP contribution in [-0.2, 0) is 10.8 Å². The third-order valence-electron chi connectivity index (χ3n) is 23.7. The van der Waals surface area contributed by atoms with Gasteiger partial charge in [-0.05, 0) is 246 Å². The summed E-state index contributed by atoms with van der Waals surface area (Å²) in [5, 5.41) is 15.2. The fourth-order valence-electron chi connectivity index (χ4n) is 18.1. The van der Waals surface area contributed by atoms with E-state index in [1.807, 2.05) is 0 Å². The van der Waals surface area contributed by atoms with Crippen molar-refractivity contribution in [3.05, 3.63) is 374 Å². The van der Waals surface area contributed by atoms with Gasteiger partial charge in [-0.15, -0.1) is 0 Å². The maximum Gasteiger partial charge on any atom is 0.0561 e. The van der Waals surface area contributed by atoms with Crippen LogP contribution in [0.15, 0.2) is 352 Å². The predicted molar refractivity (Wildman–Crippen MR) is 477 cm³/mol. The summed E-state index contributed by atoms with van der Waals surface area (Å²) >= 11 is 0. The Morgan fingerprint density at radius 1 is 0.161 bits per heavy atom. The minimum Gasteiger partial charge on any atom is -0.309 e. The number of rotatable bonds is 8. The lowest BCUT2D eigenvalue weighted by Gasteiger charge is -2.19. The minimum atomic E-state index is 0.0162. The lowest BCUT2D eigenvalue weighted by molar-refractivity contribution is 0.591. The summed E-state index contributed by atoms with van der Waals surface area (Å²) < 4.78 is 14.5. The molecule has 0 unspecified atom stereocenters. The second-order valence-electron chi connectivity index (χ2n) is 32.7. The molecule has 0 atom stereocenters. The van der Waals surface area contributed by atoms with E-state index in [0.717, 1.165) is 17.1 Å². The number of aryl methyl sites for hydroxylation is 2. The van der Waals surface area contributed by atoms with Gasteiger partial charge >= 0.3 is 0 Å². The number of aromatic nitrogens is 6. The highest BCUT2D eigenvalue weighted by Crippen LogP contribution is 2.45. The Balaban J connectivity index is 0.000000142. The highest BCUT2D eigenvalue weighted by atomic mass is 15.0. The van der Waals surface area contributed by atoms with Crippen LogP contribution >= 0.6 is 0 Å². The fraction of sp³-hybridized carbons (Fsp3) is 0.0943. The Morgan fingerprint density at radius 2 is 0.402 bits per heavy atom. The maximum absolute atomic E-state index is 2.47. The summed E-state index contributed by atoms with van der Waals surface area (Å²) in [7, 11) is 0. The summed E-state index contributed by atoms with van der Waals surface area (Å²) in [5.74, 6) is 0. The van der Waals surface area contributed by atoms with Crippen LogP contribution in [0, 0.1) is 13.8 Å². The van der Waals surface area contributed by atoms with Crippen LogP contribution in [0.25, 0.3) is 187 Å². The fourth-order valence-corrected chi connectivity index (χ4v) is 18.1. The number of para-hydroxylation sites is 6. The van der Waals surface area contributed by atoms with Gasteiger partial charge in [0, 0.05) is 98.8 Å². The number of benzene rings is 16. The summed E-state index contributed by atoms with van der Waals surface area (Å²) in [5.41, 5.74) is 31.7. The van der Waals surface area contributed by atoms with Crippen LogP contribution in [0.3, 0.4) is 0 Å². The molecule has 0 bridgehead atoms. The van der Waals surface area contributed by atoms with Gasteiger partial charge in [0.1, 0.15) is 0 Å². The van der Waals surface area contributed by atoms with Crippen LogP contribution in [0.1, 0.15) is 63.8 Å². The third-order valence-corrected chi connectivity index (χ3v) is 23.7. The lowest BCUT2D eigenvalue weighted by Crippen LogP contribution is -2.10. The molecule has 0 radical (unpaired) electrons. The Morgan fingerprint density at radius 3 is 0.768 bits per heavy atom. The topological polar surface area (TPSA) is 29.6 Å². The molecule has 0 aliphatic rings. The molecular formula is C106H82N6. The molecule has 16 aromatic carbocycles. The Labute approximate surface area is 650 Å². The Hall–Kier alpha value is -13.7.